The molecule has 3 N–H and O–H groups in total. The van der Waals surface area contributed by atoms with Crippen molar-refractivity contribution in [1.82, 2.24) is 0 Å². The van der Waals surface area contributed by atoms with E-state index in [9.17, 15) is 19.8 Å². The standard InChI is InChI=1S/C20H18O7/c1-10-7-11(3-6-16(22)23)8-13-17(20(24)25)19(27-18(10)13)12-4-5-14(21)15(9-12)26-2/h3-9,17,19,21H,1-2H3,(H,22,23)(H,24,25)/b6-3+. The molecule has 0 radical (unpaired) electrons. The maximum atomic E-state index is 12.0. The first-order valence-electron chi connectivity index (χ1n) is 8.13. The lowest BCUT2D eigenvalue weighted by molar-refractivity contribution is -0.140. The minimum absolute atomic E-state index is 0.0547. The predicted molar refractivity (Wildman–Crippen MR) is 96.3 cm³/mol. The van der Waals surface area contributed by atoms with Crippen LogP contribution in [0.4, 0.5) is 0 Å². The third kappa shape index (κ3) is 3.44. The minimum atomic E-state index is -1.09. The van der Waals surface area contributed by atoms with Gasteiger partial charge in [-0.1, -0.05) is 6.07 Å². The van der Waals surface area contributed by atoms with E-state index in [0.717, 1.165) is 6.08 Å². The van der Waals surface area contributed by atoms with Gasteiger partial charge in [-0.3, -0.25) is 4.79 Å². The predicted octanol–water partition coefficient (Wildman–Crippen LogP) is 3.11. The molecule has 7 heteroatoms. The van der Waals surface area contributed by atoms with Gasteiger partial charge in [-0.15, -0.1) is 0 Å². The molecule has 0 amide bonds. The molecule has 0 aliphatic carbocycles. The van der Waals surface area contributed by atoms with Crippen molar-refractivity contribution in [1.29, 1.82) is 0 Å². The van der Waals surface area contributed by atoms with Crippen LogP contribution in [0.2, 0.25) is 0 Å². The van der Waals surface area contributed by atoms with E-state index in [-0.39, 0.29) is 11.5 Å². The molecule has 1 heterocycles. The summed E-state index contributed by atoms with van der Waals surface area (Å²) in [4.78, 5) is 22.7. The van der Waals surface area contributed by atoms with E-state index in [1.807, 2.05) is 0 Å². The van der Waals surface area contributed by atoms with E-state index < -0.39 is 24.0 Å². The van der Waals surface area contributed by atoms with Gasteiger partial charge in [-0.2, -0.15) is 0 Å². The van der Waals surface area contributed by atoms with E-state index >= 15 is 0 Å². The van der Waals surface area contributed by atoms with Gasteiger partial charge in [-0.25, -0.2) is 4.79 Å². The van der Waals surface area contributed by atoms with Crippen molar-refractivity contribution < 1.29 is 34.4 Å². The van der Waals surface area contributed by atoms with Gasteiger partial charge in [0.25, 0.3) is 0 Å². The first-order chi connectivity index (χ1) is 12.8. The summed E-state index contributed by atoms with van der Waals surface area (Å²) in [7, 11) is 1.41. The summed E-state index contributed by atoms with van der Waals surface area (Å²) in [6, 6.07) is 7.91. The molecule has 0 aromatic heterocycles. The molecule has 7 nitrogen and oxygen atoms in total. The molecule has 2 unspecified atom stereocenters. The zero-order valence-electron chi connectivity index (χ0n) is 14.7. The highest BCUT2D eigenvalue weighted by atomic mass is 16.5. The monoisotopic (exact) mass is 370 g/mol. The number of methoxy groups -OCH3 is 1. The summed E-state index contributed by atoms with van der Waals surface area (Å²) in [5.41, 5.74) is 2.31. The van der Waals surface area contributed by atoms with Crippen molar-refractivity contribution in [2.45, 2.75) is 18.9 Å². The van der Waals surface area contributed by atoms with Crippen molar-refractivity contribution in [2.75, 3.05) is 7.11 Å². The maximum Gasteiger partial charge on any atom is 0.328 e. The Morgan fingerprint density at radius 2 is 1.93 bits per heavy atom. The number of phenols is 1. The fraction of sp³-hybridized carbons (Fsp3) is 0.200. The quantitative estimate of drug-likeness (QED) is 0.693. The topological polar surface area (TPSA) is 113 Å². The molecule has 2 aromatic carbocycles. The second kappa shape index (κ2) is 7.03. The average molecular weight is 370 g/mol. The van der Waals surface area contributed by atoms with E-state index in [2.05, 4.69) is 0 Å². The molecule has 3 rings (SSSR count). The summed E-state index contributed by atoms with van der Waals surface area (Å²) in [6.07, 6.45) is 1.60. The van der Waals surface area contributed by atoms with Crippen LogP contribution in [0, 0.1) is 6.92 Å². The number of rotatable bonds is 5. The normalized spacial score (nSPS) is 18.1. The highest BCUT2D eigenvalue weighted by molar-refractivity contribution is 5.86. The maximum absolute atomic E-state index is 12.0. The van der Waals surface area contributed by atoms with Crippen molar-refractivity contribution in [3.8, 4) is 17.2 Å². The fourth-order valence-corrected chi connectivity index (χ4v) is 3.24. The van der Waals surface area contributed by atoms with Gasteiger partial charge in [-0.05, 0) is 54.0 Å². The summed E-state index contributed by atoms with van der Waals surface area (Å²) < 4.78 is 11.1. The number of carbonyl (C=O) groups is 2. The Morgan fingerprint density at radius 1 is 1.19 bits per heavy atom. The zero-order valence-corrected chi connectivity index (χ0v) is 14.7. The highest BCUT2D eigenvalue weighted by Gasteiger charge is 2.41. The number of fused-ring (bicyclic) bond motifs is 1. The van der Waals surface area contributed by atoms with E-state index in [4.69, 9.17) is 14.6 Å². The number of benzene rings is 2. The summed E-state index contributed by atoms with van der Waals surface area (Å²) in [6.45, 7) is 1.77. The lowest BCUT2D eigenvalue weighted by atomic mass is 9.89. The van der Waals surface area contributed by atoms with Gasteiger partial charge in [0.05, 0.1) is 7.11 Å². The number of ether oxygens (including phenoxy) is 2. The summed E-state index contributed by atoms with van der Waals surface area (Å²) >= 11 is 0. The average Bonchev–Trinajstić information content (AvgIpc) is 3.00. The van der Waals surface area contributed by atoms with E-state index in [1.54, 1.807) is 31.2 Å². The number of aliphatic carboxylic acids is 2. The lowest BCUT2D eigenvalue weighted by Gasteiger charge is -2.17. The van der Waals surface area contributed by atoms with Crippen LogP contribution < -0.4 is 9.47 Å². The zero-order chi connectivity index (χ0) is 19.7. The van der Waals surface area contributed by atoms with Crippen molar-refractivity contribution in [2.24, 2.45) is 0 Å². The first-order valence-corrected chi connectivity index (χ1v) is 8.13. The highest BCUT2D eigenvalue weighted by Crippen LogP contribution is 2.49. The van der Waals surface area contributed by atoms with Gasteiger partial charge in [0, 0.05) is 11.6 Å². The Bertz CT molecular complexity index is 946. The molecular formula is C20H18O7. The number of aryl methyl sites for hydroxylation is 1. The summed E-state index contributed by atoms with van der Waals surface area (Å²) in [5, 5.41) is 28.4. The Kier molecular flexibility index (Phi) is 4.77. The number of aromatic hydroxyl groups is 1. The number of carboxylic acids is 2. The molecular weight excluding hydrogens is 352 g/mol. The van der Waals surface area contributed by atoms with E-state index in [0.29, 0.717) is 28.0 Å². The number of hydrogen-bond acceptors (Lipinski definition) is 5. The minimum Gasteiger partial charge on any atom is -0.504 e. The molecule has 27 heavy (non-hydrogen) atoms. The van der Waals surface area contributed by atoms with Crippen LogP contribution in [0.3, 0.4) is 0 Å². The van der Waals surface area contributed by atoms with Crippen LogP contribution in [-0.2, 0) is 9.59 Å². The van der Waals surface area contributed by atoms with E-state index in [1.165, 1.54) is 19.3 Å². The van der Waals surface area contributed by atoms with Crippen molar-refractivity contribution in [3.05, 3.63) is 58.7 Å². The van der Waals surface area contributed by atoms with Crippen LogP contribution in [0.25, 0.3) is 6.08 Å². The van der Waals surface area contributed by atoms with Crippen molar-refractivity contribution in [3.63, 3.8) is 0 Å². The molecule has 140 valence electrons. The number of phenolic OH excluding ortho intramolecular Hbond substituents is 1. The second-order valence-electron chi connectivity index (χ2n) is 6.21. The van der Waals surface area contributed by atoms with Gasteiger partial charge < -0.3 is 24.8 Å². The van der Waals surface area contributed by atoms with Crippen LogP contribution in [-0.4, -0.2) is 34.4 Å². The second-order valence-corrected chi connectivity index (χ2v) is 6.21. The van der Waals surface area contributed by atoms with Crippen LogP contribution >= 0.6 is 0 Å². The largest absolute Gasteiger partial charge is 0.504 e. The smallest absolute Gasteiger partial charge is 0.328 e. The van der Waals surface area contributed by atoms with Gasteiger partial charge in [0.15, 0.2) is 11.5 Å². The third-order valence-corrected chi connectivity index (χ3v) is 4.43. The molecule has 1 aliphatic rings. The SMILES string of the molecule is COc1cc(C2Oc3c(C)cc(/C=C/C(=O)O)cc3C2C(=O)O)ccc1O. The molecule has 2 atom stereocenters. The molecule has 2 aromatic rings. The van der Waals surface area contributed by atoms with Crippen molar-refractivity contribution >= 4 is 18.0 Å². The first kappa shape index (κ1) is 18.3. The summed E-state index contributed by atoms with van der Waals surface area (Å²) in [5.74, 6) is -2.50. The van der Waals surface area contributed by atoms with Crippen LogP contribution in [0.15, 0.2) is 36.4 Å². The van der Waals surface area contributed by atoms with Gasteiger partial charge in [0.2, 0.25) is 0 Å². The van der Waals surface area contributed by atoms with Crippen LogP contribution in [0.1, 0.15) is 34.3 Å². The molecule has 1 aliphatic heterocycles. The molecule has 0 saturated carbocycles. The fourth-order valence-electron chi connectivity index (χ4n) is 3.24. The molecule has 0 bridgehead atoms. The molecule has 0 saturated heterocycles. The van der Waals surface area contributed by atoms with Crippen LogP contribution in [0.5, 0.6) is 17.2 Å². The number of hydrogen-bond donors (Lipinski definition) is 3. The Labute approximate surface area is 155 Å². The Balaban J connectivity index is 2.07. The van der Waals surface area contributed by atoms with Gasteiger partial charge >= 0.3 is 11.9 Å². The molecule has 0 fully saturated rings. The number of carboxylic acid groups (broad SMARTS) is 2. The lowest BCUT2D eigenvalue weighted by Crippen LogP contribution is -2.18. The molecule has 0 spiro atoms. The Hall–Kier alpha value is -3.48. The third-order valence-electron chi connectivity index (χ3n) is 4.43. The Morgan fingerprint density at radius 3 is 2.56 bits per heavy atom. The van der Waals surface area contributed by atoms with Gasteiger partial charge in [0.1, 0.15) is 17.8 Å².